The molecule has 1 aromatic carbocycles. The molecule has 0 aliphatic carbocycles. The summed E-state index contributed by atoms with van der Waals surface area (Å²) in [5.41, 5.74) is 6.86. The average Bonchev–Trinajstić information content (AvgIpc) is 2.39. The Morgan fingerprint density at radius 1 is 1.17 bits per heavy atom. The van der Waals surface area contributed by atoms with Crippen LogP contribution in [0.2, 0.25) is 0 Å². The topological polar surface area (TPSA) is 38.5 Å². The second kappa shape index (κ2) is 7.98. The third-order valence-corrected chi connectivity index (χ3v) is 3.05. The van der Waals surface area contributed by atoms with Gasteiger partial charge in [-0.2, -0.15) is 0 Å². The maximum absolute atomic E-state index is 5.61. The molecule has 1 aromatic rings. The Morgan fingerprint density at radius 3 is 2.33 bits per heavy atom. The summed E-state index contributed by atoms with van der Waals surface area (Å²) in [4.78, 5) is 2.41. The molecule has 0 aromatic heterocycles. The lowest BCUT2D eigenvalue weighted by Crippen LogP contribution is -2.28. The fraction of sp³-hybridized carbons (Fsp3) is 0.600. The van der Waals surface area contributed by atoms with Crippen LogP contribution in [0.15, 0.2) is 24.3 Å². The Labute approximate surface area is 111 Å². The lowest BCUT2D eigenvalue weighted by atomic mass is 10.1. The molecule has 0 saturated heterocycles. The Balaban J connectivity index is 2.66. The van der Waals surface area contributed by atoms with Crippen LogP contribution in [0.4, 0.5) is 5.69 Å². The summed E-state index contributed by atoms with van der Waals surface area (Å²) in [6, 6.07) is 8.27. The Morgan fingerprint density at radius 2 is 1.83 bits per heavy atom. The van der Waals surface area contributed by atoms with Crippen LogP contribution in [0, 0.1) is 5.92 Å². The van der Waals surface area contributed by atoms with Crippen LogP contribution in [0.1, 0.15) is 26.7 Å². The van der Waals surface area contributed by atoms with Gasteiger partial charge in [0, 0.05) is 18.8 Å². The van der Waals surface area contributed by atoms with Gasteiger partial charge >= 0.3 is 0 Å². The minimum Gasteiger partial charge on any atom is -0.497 e. The third kappa shape index (κ3) is 4.96. The first kappa shape index (κ1) is 14.8. The van der Waals surface area contributed by atoms with E-state index in [9.17, 15) is 0 Å². The number of hydrogen-bond acceptors (Lipinski definition) is 3. The van der Waals surface area contributed by atoms with Gasteiger partial charge in [0.15, 0.2) is 0 Å². The number of methoxy groups -OCH3 is 1. The van der Waals surface area contributed by atoms with Crippen LogP contribution in [-0.4, -0.2) is 26.7 Å². The summed E-state index contributed by atoms with van der Waals surface area (Å²) in [7, 11) is 1.69. The van der Waals surface area contributed by atoms with Crippen LogP contribution in [0.3, 0.4) is 0 Å². The van der Waals surface area contributed by atoms with Gasteiger partial charge in [-0.1, -0.05) is 13.8 Å². The molecule has 2 N–H and O–H groups in total. The van der Waals surface area contributed by atoms with Crippen LogP contribution < -0.4 is 15.4 Å². The normalized spacial score (nSPS) is 10.7. The molecular weight excluding hydrogens is 224 g/mol. The number of rotatable bonds is 8. The van der Waals surface area contributed by atoms with Crippen molar-refractivity contribution in [3.8, 4) is 5.75 Å². The van der Waals surface area contributed by atoms with Crippen LogP contribution >= 0.6 is 0 Å². The van der Waals surface area contributed by atoms with Crippen LogP contribution in [0.5, 0.6) is 5.75 Å². The largest absolute Gasteiger partial charge is 0.497 e. The van der Waals surface area contributed by atoms with Gasteiger partial charge in [0.25, 0.3) is 0 Å². The monoisotopic (exact) mass is 250 g/mol. The molecule has 18 heavy (non-hydrogen) atoms. The van der Waals surface area contributed by atoms with Crippen molar-refractivity contribution < 1.29 is 4.74 Å². The van der Waals surface area contributed by atoms with E-state index in [1.807, 2.05) is 12.1 Å². The van der Waals surface area contributed by atoms with Gasteiger partial charge in [-0.25, -0.2) is 0 Å². The number of benzene rings is 1. The van der Waals surface area contributed by atoms with Gasteiger partial charge in [0.2, 0.25) is 0 Å². The first-order valence-corrected chi connectivity index (χ1v) is 6.76. The van der Waals surface area contributed by atoms with Gasteiger partial charge in [-0.3, -0.25) is 0 Å². The van der Waals surface area contributed by atoms with Crippen molar-refractivity contribution in [1.82, 2.24) is 0 Å². The highest BCUT2D eigenvalue weighted by atomic mass is 16.5. The number of ether oxygens (including phenoxy) is 1. The summed E-state index contributed by atoms with van der Waals surface area (Å²) in [5.74, 6) is 1.63. The molecular formula is C15H26N2O. The van der Waals surface area contributed by atoms with Crippen molar-refractivity contribution in [2.45, 2.75) is 26.7 Å². The van der Waals surface area contributed by atoms with Gasteiger partial charge in [-0.05, 0) is 49.6 Å². The molecule has 0 amide bonds. The average molecular weight is 250 g/mol. The minimum atomic E-state index is 0.726. The predicted octanol–water partition coefficient (Wildman–Crippen LogP) is 2.90. The maximum atomic E-state index is 5.61. The Hall–Kier alpha value is -1.22. The standard InChI is InChI=1S/C15H26N2O/c1-13(2)9-12-17(11-4-10-16)14-5-7-15(18-3)8-6-14/h5-8,13H,4,9-12,16H2,1-3H3. The number of anilines is 1. The quantitative estimate of drug-likeness (QED) is 0.771. The Bertz CT molecular complexity index is 322. The lowest BCUT2D eigenvalue weighted by molar-refractivity contribution is 0.415. The van der Waals surface area contributed by atoms with E-state index in [0.717, 1.165) is 37.7 Å². The first-order valence-electron chi connectivity index (χ1n) is 6.76. The second-order valence-corrected chi connectivity index (χ2v) is 5.01. The highest BCUT2D eigenvalue weighted by Crippen LogP contribution is 2.20. The van der Waals surface area contributed by atoms with Crippen molar-refractivity contribution in [1.29, 1.82) is 0 Å². The number of hydrogen-bond donors (Lipinski definition) is 1. The maximum Gasteiger partial charge on any atom is 0.119 e. The molecule has 3 nitrogen and oxygen atoms in total. The van der Waals surface area contributed by atoms with E-state index < -0.39 is 0 Å². The molecule has 0 fully saturated rings. The molecule has 0 bridgehead atoms. The zero-order valence-electron chi connectivity index (χ0n) is 11.9. The molecule has 102 valence electrons. The number of nitrogens with two attached hydrogens (primary N) is 1. The molecule has 0 unspecified atom stereocenters. The van der Waals surface area contributed by atoms with E-state index in [1.54, 1.807) is 7.11 Å². The molecule has 0 radical (unpaired) electrons. The van der Waals surface area contributed by atoms with Gasteiger partial charge in [0.05, 0.1) is 7.11 Å². The summed E-state index contributed by atoms with van der Waals surface area (Å²) in [6.07, 6.45) is 2.24. The summed E-state index contributed by atoms with van der Waals surface area (Å²) >= 11 is 0. The van der Waals surface area contributed by atoms with Crippen molar-refractivity contribution in [3.63, 3.8) is 0 Å². The summed E-state index contributed by atoms with van der Waals surface area (Å²) < 4.78 is 5.19. The fourth-order valence-electron chi connectivity index (χ4n) is 1.86. The molecule has 0 aliphatic rings. The molecule has 0 spiro atoms. The molecule has 0 saturated carbocycles. The van der Waals surface area contributed by atoms with Crippen LogP contribution in [-0.2, 0) is 0 Å². The smallest absolute Gasteiger partial charge is 0.119 e. The van der Waals surface area contributed by atoms with E-state index in [2.05, 4.69) is 30.9 Å². The van der Waals surface area contributed by atoms with E-state index in [-0.39, 0.29) is 0 Å². The van der Waals surface area contributed by atoms with Crippen molar-refractivity contribution in [2.75, 3.05) is 31.6 Å². The van der Waals surface area contributed by atoms with E-state index in [4.69, 9.17) is 10.5 Å². The summed E-state index contributed by atoms with van der Waals surface area (Å²) in [5, 5.41) is 0. The van der Waals surface area contributed by atoms with Crippen molar-refractivity contribution >= 4 is 5.69 Å². The zero-order valence-corrected chi connectivity index (χ0v) is 11.9. The van der Waals surface area contributed by atoms with E-state index >= 15 is 0 Å². The highest BCUT2D eigenvalue weighted by molar-refractivity contribution is 5.49. The van der Waals surface area contributed by atoms with E-state index in [1.165, 1.54) is 12.1 Å². The number of nitrogens with zero attached hydrogens (tertiary/aromatic N) is 1. The SMILES string of the molecule is COc1ccc(N(CCCN)CCC(C)C)cc1. The zero-order chi connectivity index (χ0) is 13.4. The second-order valence-electron chi connectivity index (χ2n) is 5.01. The van der Waals surface area contributed by atoms with Gasteiger partial charge in [-0.15, -0.1) is 0 Å². The molecule has 0 heterocycles. The molecule has 0 aliphatic heterocycles. The van der Waals surface area contributed by atoms with Gasteiger partial charge < -0.3 is 15.4 Å². The molecule has 0 atom stereocenters. The molecule has 3 heteroatoms. The fourth-order valence-corrected chi connectivity index (χ4v) is 1.86. The third-order valence-electron chi connectivity index (χ3n) is 3.05. The Kier molecular flexibility index (Phi) is 6.58. The summed E-state index contributed by atoms with van der Waals surface area (Å²) in [6.45, 7) is 7.37. The predicted molar refractivity (Wildman–Crippen MR) is 78.3 cm³/mol. The van der Waals surface area contributed by atoms with Gasteiger partial charge in [0.1, 0.15) is 5.75 Å². The van der Waals surface area contributed by atoms with E-state index in [0.29, 0.717) is 0 Å². The van der Waals surface area contributed by atoms with Crippen molar-refractivity contribution in [3.05, 3.63) is 24.3 Å². The minimum absolute atomic E-state index is 0.726. The first-order chi connectivity index (χ1) is 8.67. The van der Waals surface area contributed by atoms with Crippen molar-refractivity contribution in [2.24, 2.45) is 11.7 Å². The lowest BCUT2D eigenvalue weighted by Gasteiger charge is -2.25. The highest BCUT2D eigenvalue weighted by Gasteiger charge is 2.07. The van der Waals surface area contributed by atoms with Crippen LogP contribution in [0.25, 0.3) is 0 Å². The molecule has 1 rings (SSSR count).